The van der Waals surface area contributed by atoms with Crippen molar-refractivity contribution < 1.29 is 9.90 Å². The van der Waals surface area contributed by atoms with Gasteiger partial charge in [-0.1, -0.05) is 24.9 Å². The van der Waals surface area contributed by atoms with E-state index in [2.05, 4.69) is 9.97 Å². The molecule has 0 saturated carbocycles. The summed E-state index contributed by atoms with van der Waals surface area (Å²) in [6, 6.07) is 6.63. The molecule has 2 aromatic rings. The number of halogens is 1. The molecule has 0 aliphatic heterocycles. The standard InChI is InChI=1S/C14H13ClN2O2S/c1-2-4-10-7-9(14(18)19)8-12(17-10)20-13-11(15)5-3-6-16-13/h3,5-8H,2,4H2,1H3,(H,18,19). The predicted molar refractivity (Wildman–Crippen MR) is 78.6 cm³/mol. The summed E-state index contributed by atoms with van der Waals surface area (Å²) in [5.41, 5.74) is 1.000. The van der Waals surface area contributed by atoms with Crippen LogP contribution in [0.5, 0.6) is 0 Å². The first-order valence-electron chi connectivity index (χ1n) is 6.12. The van der Waals surface area contributed by atoms with E-state index >= 15 is 0 Å². The summed E-state index contributed by atoms with van der Waals surface area (Å²) in [4.78, 5) is 19.8. The summed E-state index contributed by atoms with van der Waals surface area (Å²) in [7, 11) is 0. The van der Waals surface area contributed by atoms with Crippen molar-refractivity contribution in [1.29, 1.82) is 0 Å². The second-order valence-electron chi connectivity index (χ2n) is 4.13. The van der Waals surface area contributed by atoms with Crippen LogP contribution in [0.2, 0.25) is 5.02 Å². The minimum Gasteiger partial charge on any atom is -0.478 e. The summed E-state index contributed by atoms with van der Waals surface area (Å²) in [5, 5.41) is 10.9. The van der Waals surface area contributed by atoms with Crippen molar-refractivity contribution in [2.75, 3.05) is 0 Å². The second kappa shape index (κ2) is 6.72. The van der Waals surface area contributed by atoms with Gasteiger partial charge in [0, 0.05) is 11.9 Å². The maximum atomic E-state index is 11.2. The van der Waals surface area contributed by atoms with Gasteiger partial charge in [0.25, 0.3) is 0 Å². The van der Waals surface area contributed by atoms with E-state index in [-0.39, 0.29) is 5.56 Å². The Kier molecular flexibility index (Phi) is 4.98. The highest BCUT2D eigenvalue weighted by Gasteiger charge is 2.11. The lowest BCUT2D eigenvalue weighted by molar-refractivity contribution is 0.0696. The normalized spacial score (nSPS) is 10.5. The number of carbonyl (C=O) groups is 1. The number of hydrogen-bond donors (Lipinski definition) is 1. The van der Waals surface area contributed by atoms with Crippen molar-refractivity contribution in [3.05, 3.63) is 46.7 Å². The van der Waals surface area contributed by atoms with E-state index in [1.807, 2.05) is 6.92 Å². The van der Waals surface area contributed by atoms with Gasteiger partial charge in [0.2, 0.25) is 0 Å². The van der Waals surface area contributed by atoms with Crippen LogP contribution in [0.4, 0.5) is 0 Å². The molecule has 20 heavy (non-hydrogen) atoms. The third kappa shape index (κ3) is 3.71. The first kappa shape index (κ1) is 14.8. The molecular weight excluding hydrogens is 296 g/mol. The van der Waals surface area contributed by atoms with Crippen LogP contribution in [-0.2, 0) is 6.42 Å². The lowest BCUT2D eigenvalue weighted by Gasteiger charge is -2.06. The quantitative estimate of drug-likeness (QED) is 0.906. The van der Waals surface area contributed by atoms with E-state index in [1.165, 1.54) is 17.8 Å². The third-order valence-electron chi connectivity index (χ3n) is 2.53. The molecule has 0 spiro atoms. The first-order valence-corrected chi connectivity index (χ1v) is 7.32. The molecule has 0 aliphatic rings. The van der Waals surface area contributed by atoms with Crippen LogP contribution in [-0.4, -0.2) is 21.0 Å². The molecule has 1 N–H and O–H groups in total. The molecule has 0 saturated heterocycles. The van der Waals surface area contributed by atoms with E-state index in [1.54, 1.807) is 24.4 Å². The van der Waals surface area contributed by atoms with Gasteiger partial charge in [-0.25, -0.2) is 14.8 Å². The van der Waals surface area contributed by atoms with Crippen LogP contribution >= 0.6 is 23.4 Å². The minimum absolute atomic E-state index is 0.234. The van der Waals surface area contributed by atoms with Crippen molar-refractivity contribution in [3.8, 4) is 0 Å². The Bertz CT molecular complexity index is 634. The number of nitrogens with zero attached hydrogens (tertiary/aromatic N) is 2. The van der Waals surface area contributed by atoms with Crippen molar-refractivity contribution >= 4 is 29.3 Å². The molecule has 0 unspecified atom stereocenters. The number of pyridine rings is 2. The smallest absolute Gasteiger partial charge is 0.335 e. The Balaban J connectivity index is 2.35. The van der Waals surface area contributed by atoms with E-state index in [9.17, 15) is 4.79 Å². The zero-order valence-corrected chi connectivity index (χ0v) is 12.4. The number of aryl methyl sites for hydroxylation is 1. The largest absolute Gasteiger partial charge is 0.478 e. The summed E-state index contributed by atoms with van der Waals surface area (Å²) >= 11 is 7.32. The van der Waals surface area contributed by atoms with Crippen LogP contribution in [0.3, 0.4) is 0 Å². The Labute approximate surface area is 126 Å². The lowest BCUT2D eigenvalue weighted by atomic mass is 10.2. The summed E-state index contributed by atoms with van der Waals surface area (Å²) in [6.07, 6.45) is 3.29. The van der Waals surface area contributed by atoms with E-state index < -0.39 is 5.97 Å². The fourth-order valence-electron chi connectivity index (χ4n) is 1.67. The van der Waals surface area contributed by atoms with Crippen molar-refractivity contribution in [1.82, 2.24) is 9.97 Å². The molecule has 6 heteroatoms. The van der Waals surface area contributed by atoms with Crippen LogP contribution in [0.25, 0.3) is 0 Å². The molecule has 0 aromatic carbocycles. The molecule has 0 fully saturated rings. The second-order valence-corrected chi connectivity index (χ2v) is 5.55. The van der Waals surface area contributed by atoms with Crippen molar-refractivity contribution in [3.63, 3.8) is 0 Å². The van der Waals surface area contributed by atoms with Gasteiger partial charge in [-0.2, -0.15) is 0 Å². The summed E-state index contributed by atoms with van der Waals surface area (Å²) in [6.45, 7) is 2.03. The molecule has 0 aliphatic carbocycles. The van der Waals surface area contributed by atoms with Gasteiger partial charge in [-0.15, -0.1) is 0 Å². The number of hydrogen-bond acceptors (Lipinski definition) is 4. The van der Waals surface area contributed by atoms with Gasteiger partial charge in [-0.3, -0.25) is 0 Å². The van der Waals surface area contributed by atoms with Crippen LogP contribution in [0.15, 0.2) is 40.5 Å². The summed E-state index contributed by atoms with van der Waals surface area (Å²) < 4.78 is 0. The molecule has 0 atom stereocenters. The minimum atomic E-state index is -0.960. The molecule has 0 radical (unpaired) electrons. The number of carboxylic acids is 1. The SMILES string of the molecule is CCCc1cc(C(=O)O)cc(Sc2ncccc2Cl)n1. The molecule has 104 valence electrons. The highest BCUT2D eigenvalue weighted by Crippen LogP contribution is 2.30. The van der Waals surface area contributed by atoms with Crippen LogP contribution < -0.4 is 0 Å². The van der Waals surface area contributed by atoms with Gasteiger partial charge in [0.1, 0.15) is 10.1 Å². The molecule has 0 bridgehead atoms. The van der Waals surface area contributed by atoms with E-state index in [0.29, 0.717) is 15.1 Å². The van der Waals surface area contributed by atoms with Crippen LogP contribution in [0.1, 0.15) is 29.4 Å². The Morgan fingerprint density at radius 3 is 2.90 bits per heavy atom. The van der Waals surface area contributed by atoms with E-state index in [0.717, 1.165) is 18.5 Å². The molecule has 2 aromatic heterocycles. The van der Waals surface area contributed by atoms with Crippen molar-refractivity contribution in [2.45, 2.75) is 29.8 Å². The number of carboxylic acid groups (broad SMARTS) is 1. The maximum Gasteiger partial charge on any atom is 0.335 e. The Hall–Kier alpha value is -1.59. The highest BCUT2D eigenvalue weighted by molar-refractivity contribution is 7.99. The third-order valence-corrected chi connectivity index (χ3v) is 3.89. The average molecular weight is 309 g/mol. The topological polar surface area (TPSA) is 63.1 Å². The number of rotatable bonds is 5. The van der Waals surface area contributed by atoms with Gasteiger partial charge in [0.15, 0.2) is 0 Å². The number of aromatic nitrogens is 2. The Morgan fingerprint density at radius 2 is 2.25 bits per heavy atom. The van der Waals surface area contributed by atoms with Gasteiger partial charge in [-0.05, 0) is 42.4 Å². The monoisotopic (exact) mass is 308 g/mol. The number of aromatic carboxylic acids is 1. The maximum absolute atomic E-state index is 11.2. The van der Waals surface area contributed by atoms with E-state index in [4.69, 9.17) is 16.7 Å². The highest BCUT2D eigenvalue weighted by atomic mass is 35.5. The fourth-order valence-corrected chi connectivity index (χ4v) is 2.73. The average Bonchev–Trinajstić information content (AvgIpc) is 2.41. The molecule has 2 rings (SSSR count). The fraction of sp³-hybridized carbons (Fsp3) is 0.214. The first-order chi connectivity index (χ1) is 9.60. The molecule has 2 heterocycles. The zero-order chi connectivity index (χ0) is 14.5. The predicted octanol–water partition coefficient (Wildman–Crippen LogP) is 3.93. The summed E-state index contributed by atoms with van der Waals surface area (Å²) in [5.74, 6) is -0.960. The Morgan fingerprint density at radius 1 is 1.45 bits per heavy atom. The lowest BCUT2D eigenvalue weighted by Crippen LogP contribution is -2.01. The van der Waals surface area contributed by atoms with Crippen molar-refractivity contribution in [2.24, 2.45) is 0 Å². The molecule has 0 amide bonds. The molecular formula is C14H13ClN2O2S. The van der Waals surface area contributed by atoms with Gasteiger partial charge < -0.3 is 5.11 Å². The van der Waals surface area contributed by atoms with Crippen LogP contribution in [0, 0.1) is 0 Å². The molecule has 4 nitrogen and oxygen atoms in total. The van der Waals surface area contributed by atoms with Gasteiger partial charge in [0.05, 0.1) is 10.6 Å². The zero-order valence-electron chi connectivity index (χ0n) is 10.8. The van der Waals surface area contributed by atoms with Gasteiger partial charge >= 0.3 is 5.97 Å².